The average molecular weight is 668 g/mol. The van der Waals surface area contributed by atoms with Crippen LogP contribution in [0.4, 0.5) is 22.7 Å². The van der Waals surface area contributed by atoms with Gasteiger partial charge < -0.3 is 28.6 Å². The molecule has 0 aliphatic heterocycles. The van der Waals surface area contributed by atoms with E-state index in [1.54, 1.807) is 36.4 Å². The van der Waals surface area contributed by atoms with Crippen molar-refractivity contribution in [1.82, 2.24) is 23.5 Å². The van der Waals surface area contributed by atoms with Gasteiger partial charge in [-0.25, -0.2) is 9.59 Å². The molecule has 0 N–H and O–H groups in total. The maximum absolute atomic E-state index is 13.2. The number of azo groups is 2. The summed E-state index contributed by atoms with van der Waals surface area (Å²) in [6.07, 6.45) is 0. The second kappa shape index (κ2) is 14.5. The first kappa shape index (κ1) is 34.6. The van der Waals surface area contributed by atoms with Gasteiger partial charge in [-0.15, -0.1) is 20.5 Å². The standard InChI is InChI=1S/C29H33N9O10/c1-34-24(39)22(32-30-18-12-10-16(43-6)14-20(18)45-8)26(36(3)28(34)41)47-38(5)48-27-23(25(40)35(2)29(42)37(27)4)33-31-19-13-11-17(44-7)15-21(19)46-9/h10-15H,1-9H3/b32-30+,33-31+. The van der Waals surface area contributed by atoms with Gasteiger partial charge in [0.25, 0.3) is 22.9 Å². The molecule has 2 heterocycles. The van der Waals surface area contributed by atoms with E-state index in [1.807, 2.05) is 0 Å². The van der Waals surface area contributed by atoms with E-state index in [0.29, 0.717) is 28.2 Å². The van der Waals surface area contributed by atoms with Crippen molar-refractivity contribution in [3.8, 4) is 34.8 Å². The minimum Gasteiger partial charge on any atom is -0.497 e. The molecule has 254 valence electrons. The lowest BCUT2D eigenvalue weighted by molar-refractivity contribution is -0.242. The highest BCUT2D eigenvalue weighted by atomic mass is 17.0. The smallest absolute Gasteiger partial charge is 0.333 e. The molecule has 0 spiro atoms. The minimum atomic E-state index is -0.846. The van der Waals surface area contributed by atoms with Gasteiger partial charge in [0.05, 0.1) is 35.5 Å². The topological polar surface area (TPSA) is 196 Å². The average Bonchev–Trinajstić information content (AvgIpc) is 3.10. The highest BCUT2D eigenvalue weighted by Gasteiger charge is 2.24. The third-order valence-corrected chi connectivity index (χ3v) is 6.90. The van der Waals surface area contributed by atoms with Crippen molar-refractivity contribution in [1.29, 1.82) is 0 Å². The van der Waals surface area contributed by atoms with Crippen LogP contribution in [-0.2, 0) is 28.2 Å². The van der Waals surface area contributed by atoms with Crippen molar-refractivity contribution in [2.75, 3.05) is 35.5 Å². The van der Waals surface area contributed by atoms with E-state index in [1.165, 1.54) is 63.7 Å². The van der Waals surface area contributed by atoms with Crippen molar-refractivity contribution < 1.29 is 28.6 Å². The fourth-order valence-electron chi connectivity index (χ4n) is 4.20. The van der Waals surface area contributed by atoms with Crippen LogP contribution in [0.1, 0.15) is 0 Å². The van der Waals surface area contributed by atoms with Gasteiger partial charge in [-0.1, -0.05) is 0 Å². The number of methoxy groups -OCH3 is 4. The highest BCUT2D eigenvalue weighted by molar-refractivity contribution is 5.56. The van der Waals surface area contributed by atoms with E-state index in [0.717, 1.165) is 18.3 Å². The Hall–Kier alpha value is -6.24. The summed E-state index contributed by atoms with van der Waals surface area (Å²) in [4.78, 5) is 63.6. The summed E-state index contributed by atoms with van der Waals surface area (Å²) < 4.78 is 24.7. The first-order valence-corrected chi connectivity index (χ1v) is 13.8. The Bertz CT molecular complexity index is 2000. The molecule has 0 atom stereocenters. The summed E-state index contributed by atoms with van der Waals surface area (Å²) >= 11 is 0. The van der Waals surface area contributed by atoms with Crippen molar-refractivity contribution >= 4 is 22.7 Å². The van der Waals surface area contributed by atoms with Crippen molar-refractivity contribution in [2.45, 2.75) is 0 Å². The van der Waals surface area contributed by atoms with Gasteiger partial charge in [-0.3, -0.25) is 27.9 Å². The Balaban J connectivity index is 1.77. The SMILES string of the molecule is COc1ccc(/N=N/c2c(ON(C)Oc3c(/N=N/c4ccc(OC)cc4OC)c(=O)n(C)c(=O)n3C)n(C)c(=O)n(C)c2=O)c(OC)c1. The van der Waals surface area contributed by atoms with E-state index in [-0.39, 0.29) is 23.1 Å². The third kappa shape index (κ3) is 6.79. The molecular weight excluding hydrogens is 634 g/mol. The molecule has 4 rings (SSSR count). The first-order valence-electron chi connectivity index (χ1n) is 13.8. The van der Waals surface area contributed by atoms with Crippen LogP contribution >= 0.6 is 0 Å². The van der Waals surface area contributed by atoms with Gasteiger partial charge in [0.1, 0.15) is 34.4 Å². The van der Waals surface area contributed by atoms with Crippen LogP contribution in [0.3, 0.4) is 0 Å². The molecule has 19 nitrogen and oxygen atoms in total. The molecule has 0 saturated carbocycles. The summed E-state index contributed by atoms with van der Waals surface area (Å²) in [7, 11) is 12.2. The van der Waals surface area contributed by atoms with Gasteiger partial charge >= 0.3 is 11.4 Å². The molecule has 0 aliphatic carbocycles. The van der Waals surface area contributed by atoms with E-state index in [9.17, 15) is 19.2 Å². The predicted octanol–water partition coefficient (Wildman–Crippen LogP) is 2.57. The lowest BCUT2D eigenvalue weighted by Crippen LogP contribution is -2.41. The number of hydrogen-bond acceptors (Lipinski definition) is 15. The molecule has 0 amide bonds. The van der Waals surface area contributed by atoms with Crippen LogP contribution in [0.5, 0.6) is 34.8 Å². The van der Waals surface area contributed by atoms with Gasteiger partial charge in [0.15, 0.2) is 0 Å². The van der Waals surface area contributed by atoms with Crippen molar-refractivity contribution in [3.05, 3.63) is 78.1 Å². The minimum absolute atomic E-state index is 0.239. The Morgan fingerprint density at radius 2 is 0.917 bits per heavy atom. The number of hydrogen-bond donors (Lipinski definition) is 0. The van der Waals surface area contributed by atoms with Gasteiger partial charge in [-0.2, -0.15) is 0 Å². The number of aromatic nitrogens is 4. The molecule has 2 aromatic heterocycles. The maximum Gasteiger partial charge on any atom is 0.333 e. The molecule has 4 aromatic rings. The summed E-state index contributed by atoms with van der Waals surface area (Å²) in [5.74, 6) is 0.813. The van der Waals surface area contributed by atoms with Gasteiger partial charge in [0.2, 0.25) is 11.4 Å². The van der Waals surface area contributed by atoms with E-state index in [4.69, 9.17) is 28.6 Å². The van der Waals surface area contributed by atoms with E-state index < -0.39 is 33.9 Å². The van der Waals surface area contributed by atoms with Crippen LogP contribution in [0.15, 0.2) is 76.0 Å². The number of rotatable bonds is 12. The Kier molecular flexibility index (Phi) is 10.4. The zero-order chi connectivity index (χ0) is 35.3. The Morgan fingerprint density at radius 3 is 1.25 bits per heavy atom. The second-order valence-electron chi connectivity index (χ2n) is 9.82. The van der Waals surface area contributed by atoms with Crippen LogP contribution < -0.4 is 51.1 Å². The Morgan fingerprint density at radius 1 is 0.542 bits per heavy atom. The second-order valence-corrected chi connectivity index (χ2v) is 9.82. The largest absolute Gasteiger partial charge is 0.497 e. The van der Waals surface area contributed by atoms with Gasteiger partial charge in [-0.05, 0) is 24.3 Å². The lowest BCUT2D eigenvalue weighted by Gasteiger charge is -2.21. The monoisotopic (exact) mass is 667 g/mol. The molecular formula is C29H33N9O10. The molecule has 2 aromatic carbocycles. The van der Waals surface area contributed by atoms with Crippen LogP contribution in [0.2, 0.25) is 0 Å². The molecule has 0 bridgehead atoms. The summed E-state index contributed by atoms with van der Waals surface area (Å²) in [6.45, 7) is 0. The zero-order valence-corrected chi connectivity index (χ0v) is 27.6. The zero-order valence-electron chi connectivity index (χ0n) is 27.6. The fourth-order valence-corrected chi connectivity index (χ4v) is 4.20. The van der Waals surface area contributed by atoms with Crippen LogP contribution in [-0.4, -0.2) is 59.0 Å². The fraction of sp³-hybridized carbons (Fsp3) is 0.310. The molecule has 19 heteroatoms. The maximum atomic E-state index is 13.2. The molecule has 0 saturated heterocycles. The number of benzene rings is 2. The number of hydroxylamine groups is 2. The number of nitrogens with zero attached hydrogens (tertiary/aromatic N) is 9. The van der Waals surface area contributed by atoms with E-state index in [2.05, 4.69) is 20.5 Å². The summed E-state index contributed by atoms with van der Waals surface area (Å²) in [5.41, 5.74) is -3.51. The summed E-state index contributed by atoms with van der Waals surface area (Å²) in [5, 5.41) is 17.1. The highest BCUT2D eigenvalue weighted by Crippen LogP contribution is 2.35. The van der Waals surface area contributed by atoms with Crippen molar-refractivity contribution in [2.24, 2.45) is 48.6 Å². The van der Waals surface area contributed by atoms with Crippen LogP contribution in [0, 0.1) is 0 Å². The molecule has 0 aliphatic rings. The Labute approximate surface area is 271 Å². The summed E-state index contributed by atoms with van der Waals surface area (Å²) in [6, 6.07) is 9.47. The van der Waals surface area contributed by atoms with Crippen LogP contribution in [0.25, 0.3) is 0 Å². The van der Waals surface area contributed by atoms with E-state index >= 15 is 0 Å². The predicted molar refractivity (Wildman–Crippen MR) is 170 cm³/mol. The normalized spacial score (nSPS) is 11.4. The molecule has 48 heavy (non-hydrogen) atoms. The molecule has 0 radical (unpaired) electrons. The quantitative estimate of drug-likeness (QED) is 0.159. The lowest BCUT2D eigenvalue weighted by atomic mass is 10.3. The first-order chi connectivity index (χ1) is 22.9. The molecule has 0 unspecified atom stereocenters. The third-order valence-electron chi connectivity index (χ3n) is 6.90. The van der Waals surface area contributed by atoms with Gasteiger partial charge in [0, 0.05) is 45.5 Å². The van der Waals surface area contributed by atoms with Crippen molar-refractivity contribution in [3.63, 3.8) is 0 Å². The number of ether oxygens (including phenoxy) is 4. The molecule has 0 fully saturated rings.